The molecule has 0 saturated carbocycles. The van der Waals surface area contributed by atoms with Gasteiger partial charge < -0.3 is 20.1 Å². The molecule has 0 fully saturated rings. The Kier molecular flexibility index (Phi) is 7.91. The van der Waals surface area contributed by atoms with Crippen molar-refractivity contribution in [2.24, 2.45) is 11.7 Å². The predicted molar refractivity (Wildman–Crippen MR) is 139 cm³/mol. The van der Waals surface area contributed by atoms with Crippen LogP contribution in [0.1, 0.15) is 43.0 Å². The Bertz CT molecular complexity index is 1330. The summed E-state index contributed by atoms with van der Waals surface area (Å²) in [5.41, 5.74) is 11.1. The van der Waals surface area contributed by atoms with Gasteiger partial charge in [0, 0.05) is 36.7 Å². The number of carbonyl (C=O) groups excluding carboxylic acids is 1. The van der Waals surface area contributed by atoms with Crippen molar-refractivity contribution in [1.82, 2.24) is 15.0 Å². The van der Waals surface area contributed by atoms with Crippen molar-refractivity contribution in [1.29, 1.82) is 5.26 Å². The number of hydrogen-bond acceptors (Lipinski definition) is 8. The van der Waals surface area contributed by atoms with E-state index in [-0.39, 0.29) is 18.6 Å². The van der Waals surface area contributed by atoms with Crippen LogP contribution >= 0.6 is 0 Å². The SMILES string of the molecule is Cc1c(-c2noc(-c3ccc(OC(C)C)c(C#N)c3)n2)ccc2c1CCN(C(C(N)=O)[C@@H](C)CO)CC2. The molecule has 4 rings (SSSR count). The molecule has 0 spiro atoms. The summed E-state index contributed by atoms with van der Waals surface area (Å²) in [6.07, 6.45) is 1.47. The van der Waals surface area contributed by atoms with Gasteiger partial charge in [0.2, 0.25) is 11.7 Å². The second-order valence-corrected chi connectivity index (χ2v) is 9.83. The van der Waals surface area contributed by atoms with E-state index in [0.29, 0.717) is 41.7 Å². The molecule has 1 amide bonds. The zero-order valence-corrected chi connectivity index (χ0v) is 21.7. The molecule has 1 unspecified atom stereocenters. The lowest BCUT2D eigenvalue weighted by atomic mass is 9.93. The molecule has 2 heterocycles. The highest BCUT2D eigenvalue weighted by atomic mass is 16.5. The lowest BCUT2D eigenvalue weighted by Crippen LogP contribution is -2.50. The minimum Gasteiger partial charge on any atom is -0.490 e. The van der Waals surface area contributed by atoms with Gasteiger partial charge in [0.15, 0.2) is 0 Å². The molecule has 1 aliphatic rings. The van der Waals surface area contributed by atoms with Crippen LogP contribution in [0.3, 0.4) is 0 Å². The standard InChI is InChI=1S/C28H33N5O4/c1-16(2)36-24-8-6-20(13-21(24)14-29)28-31-27(32-37-28)23-7-5-19-9-11-33(12-10-22(19)18(23)4)25(26(30)35)17(3)15-34/h5-8,13,16-17,25,34H,9-12,15H2,1-4H3,(H2,30,35)/t17-,25?/m0/s1. The third kappa shape index (κ3) is 5.50. The zero-order chi connectivity index (χ0) is 26.7. The molecule has 3 N–H and O–H groups in total. The van der Waals surface area contributed by atoms with Crippen molar-refractivity contribution < 1.29 is 19.2 Å². The molecule has 0 aliphatic carbocycles. The van der Waals surface area contributed by atoms with Gasteiger partial charge in [-0.05, 0) is 68.5 Å². The topological polar surface area (TPSA) is 138 Å². The maximum Gasteiger partial charge on any atom is 0.258 e. The number of nitrogens with zero attached hydrogens (tertiary/aromatic N) is 4. The van der Waals surface area contributed by atoms with Crippen molar-refractivity contribution in [3.05, 3.63) is 52.6 Å². The van der Waals surface area contributed by atoms with Gasteiger partial charge in [0.05, 0.1) is 17.7 Å². The minimum absolute atomic E-state index is 0.0454. The lowest BCUT2D eigenvalue weighted by molar-refractivity contribution is -0.125. The van der Waals surface area contributed by atoms with Gasteiger partial charge in [0.1, 0.15) is 11.8 Å². The largest absolute Gasteiger partial charge is 0.490 e. The Morgan fingerprint density at radius 1 is 1.24 bits per heavy atom. The van der Waals surface area contributed by atoms with Crippen molar-refractivity contribution in [3.8, 4) is 34.7 Å². The van der Waals surface area contributed by atoms with Crippen LogP contribution in [0.15, 0.2) is 34.9 Å². The van der Waals surface area contributed by atoms with Crippen LogP contribution < -0.4 is 10.5 Å². The van der Waals surface area contributed by atoms with Crippen molar-refractivity contribution in [3.63, 3.8) is 0 Å². The number of aliphatic hydroxyl groups excluding tert-OH is 1. The molecule has 2 aromatic carbocycles. The third-order valence-corrected chi connectivity index (χ3v) is 6.90. The molecule has 2 atom stereocenters. The normalized spacial score (nSPS) is 15.5. The summed E-state index contributed by atoms with van der Waals surface area (Å²) in [7, 11) is 0. The molecule has 0 bridgehead atoms. The maximum atomic E-state index is 12.1. The highest BCUT2D eigenvalue weighted by molar-refractivity contribution is 5.80. The smallest absolute Gasteiger partial charge is 0.258 e. The van der Waals surface area contributed by atoms with Crippen LogP contribution in [0.5, 0.6) is 5.75 Å². The monoisotopic (exact) mass is 503 g/mol. The van der Waals surface area contributed by atoms with E-state index in [1.54, 1.807) is 18.2 Å². The molecule has 1 aliphatic heterocycles. The van der Waals surface area contributed by atoms with E-state index in [0.717, 1.165) is 24.0 Å². The number of nitriles is 1. The molecule has 0 radical (unpaired) electrons. The van der Waals surface area contributed by atoms with Crippen LogP contribution in [0, 0.1) is 24.2 Å². The van der Waals surface area contributed by atoms with Gasteiger partial charge >= 0.3 is 0 Å². The average molecular weight is 504 g/mol. The first-order valence-corrected chi connectivity index (χ1v) is 12.5. The van der Waals surface area contributed by atoms with Gasteiger partial charge in [0.25, 0.3) is 5.89 Å². The number of rotatable bonds is 8. The minimum atomic E-state index is -0.505. The van der Waals surface area contributed by atoms with E-state index in [1.165, 1.54) is 11.1 Å². The Labute approximate surface area is 216 Å². The zero-order valence-electron chi connectivity index (χ0n) is 21.7. The van der Waals surface area contributed by atoms with E-state index < -0.39 is 11.9 Å². The van der Waals surface area contributed by atoms with Crippen molar-refractivity contribution >= 4 is 5.91 Å². The highest BCUT2D eigenvalue weighted by Crippen LogP contribution is 2.32. The van der Waals surface area contributed by atoms with E-state index in [9.17, 15) is 15.2 Å². The first kappa shape index (κ1) is 26.3. The number of carbonyl (C=O) groups is 1. The Morgan fingerprint density at radius 3 is 2.68 bits per heavy atom. The molecule has 194 valence electrons. The van der Waals surface area contributed by atoms with Crippen LogP contribution in [0.2, 0.25) is 0 Å². The van der Waals surface area contributed by atoms with Gasteiger partial charge in [-0.25, -0.2) is 0 Å². The van der Waals surface area contributed by atoms with Gasteiger partial charge in [-0.1, -0.05) is 24.2 Å². The van der Waals surface area contributed by atoms with E-state index in [4.69, 9.17) is 15.0 Å². The fourth-order valence-electron chi connectivity index (χ4n) is 5.02. The fourth-order valence-corrected chi connectivity index (χ4v) is 5.02. The Morgan fingerprint density at radius 2 is 2.00 bits per heavy atom. The van der Waals surface area contributed by atoms with Crippen molar-refractivity contribution in [2.45, 2.75) is 52.7 Å². The number of benzene rings is 2. The number of amides is 1. The summed E-state index contributed by atoms with van der Waals surface area (Å²) in [6.45, 7) is 8.96. The molecule has 9 nitrogen and oxygen atoms in total. The molecule has 1 aromatic heterocycles. The number of aliphatic hydroxyl groups is 1. The second-order valence-electron chi connectivity index (χ2n) is 9.83. The fraction of sp³-hybridized carbons (Fsp3) is 0.429. The highest BCUT2D eigenvalue weighted by Gasteiger charge is 2.31. The molecular formula is C28H33N5O4. The first-order chi connectivity index (χ1) is 17.7. The number of aromatic nitrogens is 2. The van der Waals surface area contributed by atoms with E-state index in [2.05, 4.69) is 27.2 Å². The number of nitrogens with two attached hydrogens (primary N) is 1. The number of fused-ring (bicyclic) bond motifs is 1. The maximum absolute atomic E-state index is 12.1. The van der Waals surface area contributed by atoms with Crippen LogP contribution in [0.4, 0.5) is 0 Å². The van der Waals surface area contributed by atoms with Gasteiger partial charge in [-0.2, -0.15) is 10.2 Å². The molecule has 9 heteroatoms. The second kappa shape index (κ2) is 11.1. The summed E-state index contributed by atoms with van der Waals surface area (Å²) in [6, 6.07) is 11.0. The molecular weight excluding hydrogens is 470 g/mol. The van der Waals surface area contributed by atoms with Crippen molar-refractivity contribution in [2.75, 3.05) is 19.7 Å². The number of hydrogen-bond donors (Lipinski definition) is 2. The summed E-state index contributed by atoms with van der Waals surface area (Å²) < 4.78 is 11.3. The Hall–Kier alpha value is -3.74. The van der Waals surface area contributed by atoms with E-state index >= 15 is 0 Å². The number of ether oxygens (including phenoxy) is 1. The van der Waals surface area contributed by atoms with Crippen LogP contribution in [0.25, 0.3) is 22.8 Å². The first-order valence-electron chi connectivity index (χ1n) is 12.5. The summed E-state index contributed by atoms with van der Waals surface area (Å²) >= 11 is 0. The van der Waals surface area contributed by atoms with Crippen LogP contribution in [-0.2, 0) is 17.6 Å². The van der Waals surface area contributed by atoms with Gasteiger partial charge in [-0.15, -0.1) is 0 Å². The lowest BCUT2D eigenvalue weighted by Gasteiger charge is -2.31. The summed E-state index contributed by atoms with van der Waals surface area (Å²) in [5.74, 6) is 0.670. The quantitative estimate of drug-likeness (QED) is 0.478. The summed E-state index contributed by atoms with van der Waals surface area (Å²) in [4.78, 5) is 18.8. The van der Waals surface area contributed by atoms with Gasteiger partial charge in [-0.3, -0.25) is 9.69 Å². The Balaban J connectivity index is 1.59. The number of primary amides is 1. The van der Waals surface area contributed by atoms with E-state index in [1.807, 2.05) is 33.8 Å². The summed E-state index contributed by atoms with van der Waals surface area (Å²) in [5, 5.41) is 23.4. The molecule has 37 heavy (non-hydrogen) atoms. The average Bonchev–Trinajstić information content (AvgIpc) is 3.25. The molecule has 3 aromatic rings. The third-order valence-electron chi connectivity index (χ3n) is 6.90. The molecule has 0 saturated heterocycles. The predicted octanol–water partition coefficient (Wildman–Crippen LogP) is 3.25. The van der Waals surface area contributed by atoms with Crippen LogP contribution in [-0.4, -0.2) is 57.9 Å².